The second-order valence-electron chi connectivity index (χ2n) is 6.53. The van der Waals surface area contributed by atoms with Gasteiger partial charge in [-0.2, -0.15) is 0 Å². The van der Waals surface area contributed by atoms with Crippen LogP contribution in [0.3, 0.4) is 0 Å². The van der Waals surface area contributed by atoms with Crippen molar-refractivity contribution in [2.45, 2.75) is 13.3 Å². The SMILES string of the molecule is COc1ccccc1CCNC(=O)[C@@H]1CN(c2ccccn2)C[C@H]1C. The standard InChI is InChI=1S/C20H25N3O2/c1-15-13-23(19-9-5-6-11-21-19)14-17(15)20(24)22-12-10-16-7-3-4-8-18(16)25-2/h3-9,11,15,17H,10,12-14H2,1-2H3,(H,22,24)/t15-,17-/m1/s1. The number of ether oxygens (including phenoxy) is 1. The molecule has 1 amide bonds. The molecule has 1 aromatic carbocycles. The van der Waals surface area contributed by atoms with Gasteiger partial charge >= 0.3 is 0 Å². The van der Waals surface area contributed by atoms with Crippen LogP contribution >= 0.6 is 0 Å². The third-order valence-corrected chi connectivity index (χ3v) is 4.81. The zero-order valence-electron chi connectivity index (χ0n) is 14.8. The molecule has 0 radical (unpaired) electrons. The molecule has 0 aliphatic carbocycles. The predicted molar refractivity (Wildman–Crippen MR) is 98.8 cm³/mol. The Balaban J connectivity index is 1.53. The van der Waals surface area contributed by atoms with Gasteiger partial charge in [0.15, 0.2) is 0 Å². The molecular formula is C20H25N3O2. The molecule has 1 fully saturated rings. The number of methoxy groups -OCH3 is 1. The monoisotopic (exact) mass is 339 g/mol. The van der Waals surface area contributed by atoms with Gasteiger partial charge in [-0.05, 0) is 36.1 Å². The van der Waals surface area contributed by atoms with Crippen molar-refractivity contribution in [3.63, 3.8) is 0 Å². The van der Waals surface area contributed by atoms with Gasteiger partial charge in [0.2, 0.25) is 5.91 Å². The summed E-state index contributed by atoms with van der Waals surface area (Å²) >= 11 is 0. The smallest absolute Gasteiger partial charge is 0.225 e. The maximum atomic E-state index is 12.6. The van der Waals surface area contributed by atoms with Crippen LogP contribution in [0.15, 0.2) is 48.7 Å². The Kier molecular flexibility index (Phi) is 5.53. The van der Waals surface area contributed by atoms with Crippen LogP contribution in [0.4, 0.5) is 5.82 Å². The Labute approximate surface area is 149 Å². The molecule has 2 aromatic rings. The van der Waals surface area contributed by atoms with Crippen LogP contribution in [-0.2, 0) is 11.2 Å². The second-order valence-corrected chi connectivity index (χ2v) is 6.53. The molecule has 2 atom stereocenters. The molecule has 1 aliphatic heterocycles. The fourth-order valence-corrected chi connectivity index (χ4v) is 3.40. The number of pyridine rings is 1. The van der Waals surface area contributed by atoms with Crippen molar-refractivity contribution in [3.8, 4) is 5.75 Å². The number of carbonyl (C=O) groups is 1. The van der Waals surface area contributed by atoms with E-state index in [4.69, 9.17) is 4.74 Å². The molecule has 25 heavy (non-hydrogen) atoms. The van der Waals surface area contributed by atoms with E-state index in [1.54, 1.807) is 13.3 Å². The number of anilines is 1. The lowest BCUT2D eigenvalue weighted by molar-refractivity contribution is -0.125. The normalized spacial score (nSPS) is 19.7. The Morgan fingerprint density at radius 3 is 2.80 bits per heavy atom. The van der Waals surface area contributed by atoms with Gasteiger partial charge < -0.3 is 15.0 Å². The molecule has 1 saturated heterocycles. The topological polar surface area (TPSA) is 54.5 Å². The third kappa shape index (κ3) is 4.10. The number of hydrogen-bond donors (Lipinski definition) is 1. The average Bonchev–Trinajstić information content (AvgIpc) is 3.04. The van der Waals surface area contributed by atoms with Crippen molar-refractivity contribution >= 4 is 11.7 Å². The molecular weight excluding hydrogens is 314 g/mol. The third-order valence-electron chi connectivity index (χ3n) is 4.81. The van der Waals surface area contributed by atoms with E-state index in [-0.39, 0.29) is 11.8 Å². The van der Waals surface area contributed by atoms with Crippen LogP contribution in [0, 0.1) is 11.8 Å². The fourth-order valence-electron chi connectivity index (χ4n) is 3.40. The Bertz CT molecular complexity index is 705. The molecule has 5 nitrogen and oxygen atoms in total. The summed E-state index contributed by atoms with van der Waals surface area (Å²) in [6.07, 6.45) is 2.56. The van der Waals surface area contributed by atoms with Gasteiger partial charge in [-0.1, -0.05) is 31.2 Å². The number of aromatic nitrogens is 1. The van der Waals surface area contributed by atoms with E-state index < -0.39 is 0 Å². The zero-order chi connectivity index (χ0) is 17.6. The fraction of sp³-hybridized carbons (Fsp3) is 0.400. The highest BCUT2D eigenvalue weighted by Gasteiger charge is 2.35. The van der Waals surface area contributed by atoms with Crippen LogP contribution in [0.25, 0.3) is 0 Å². The number of para-hydroxylation sites is 1. The largest absolute Gasteiger partial charge is 0.496 e. The van der Waals surface area contributed by atoms with E-state index in [0.29, 0.717) is 12.5 Å². The van der Waals surface area contributed by atoms with E-state index >= 15 is 0 Å². The quantitative estimate of drug-likeness (QED) is 0.879. The maximum Gasteiger partial charge on any atom is 0.225 e. The summed E-state index contributed by atoms with van der Waals surface area (Å²) in [4.78, 5) is 19.2. The molecule has 0 spiro atoms. The van der Waals surface area contributed by atoms with Gasteiger partial charge in [-0.15, -0.1) is 0 Å². The summed E-state index contributed by atoms with van der Waals surface area (Å²) in [6.45, 7) is 4.33. The summed E-state index contributed by atoms with van der Waals surface area (Å²) in [7, 11) is 1.67. The van der Waals surface area contributed by atoms with Gasteiger partial charge in [0.1, 0.15) is 11.6 Å². The molecule has 1 N–H and O–H groups in total. The minimum Gasteiger partial charge on any atom is -0.496 e. The highest BCUT2D eigenvalue weighted by atomic mass is 16.5. The lowest BCUT2D eigenvalue weighted by atomic mass is 9.97. The van der Waals surface area contributed by atoms with Crippen molar-refractivity contribution in [1.29, 1.82) is 0 Å². The van der Waals surface area contributed by atoms with Gasteiger partial charge in [-0.25, -0.2) is 4.98 Å². The molecule has 132 valence electrons. The number of rotatable bonds is 6. The minimum absolute atomic E-state index is 0.000301. The number of amides is 1. The first kappa shape index (κ1) is 17.3. The predicted octanol–water partition coefficient (Wildman–Crippen LogP) is 2.52. The lowest BCUT2D eigenvalue weighted by Gasteiger charge is -2.17. The first-order valence-corrected chi connectivity index (χ1v) is 8.74. The van der Waals surface area contributed by atoms with Gasteiger partial charge in [0.25, 0.3) is 0 Å². The number of nitrogens with zero attached hydrogens (tertiary/aromatic N) is 2. The first-order chi connectivity index (χ1) is 12.2. The summed E-state index contributed by atoms with van der Waals surface area (Å²) in [5, 5.41) is 3.09. The van der Waals surface area contributed by atoms with Crippen molar-refractivity contribution in [3.05, 3.63) is 54.2 Å². The van der Waals surface area contributed by atoms with Crippen LogP contribution in [0.1, 0.15) is 12.5 Å². The summed E-state index contributed by atoms with van der Waals surface area (Å²) in [6, 6.07) is 13.8. The molecule has 2 heterocycles. The van der Waals surface area contributed by atoms with Crippen molar-refractivity contribution in [2.24, 2.45) is 11.8 Å². The van der Waals surface area contributed by atoms with Gasteiger partial charge in [0.05, 0.1) is 13.0 Å². The highest BCUT2D eigenvalue weighted by molar-refractivity contribution is 5.80. The van der Waals surface area contributed by atoms with E-state index in [2.05, 4.69) is 22.1 Å². The average molecular weight is 339 g/mol. The Morgan fingerprint density at radius 2 is 2.04 bits per heavy atom. The molecule has 3 rings (SSSR count). The summed E-state index contributed by atoms with van der Waals surface area (Å²) < 4.78 is 5.36. The molecule has 1 aromatic heterocycles. The highest BCUT2D eigenvalue weighted by Crippen LogP contribution is 2.27. The second kappa shape index (κ2) is 8.01. The van der Waals surface area contributed by atoms with E-state index in [0.717, 1.165) is 36.6 Å². The molecule has 0 unspecified atom stereocenters. The Hall–Kier alpha value is -2.56. The summed E-state index contributed by atoms with van der Waals surface area (Å²) in [5.41, 5.74) is 1.11. The summed E-state index contributed by atoms with van der Waals surface area (Å²) in [5.74, 6) is 2.25. The number of nitrogens with one attached hydrogen (secondary N) is 1. The van der Waals surface area contributed by atoms with Crippen molar-refractivity contribution in [1.82, 2.24) is 10.3 Å². The Morgan fingerprint density at radius 1 is 1.24 bits per heavy atom. The van der Waals surface area contributed by atoms with Gasteiger partial charge in [0, 0.05) is 25.8 Å². The molecule has 5 heteroatoms. The number of hydrogen-bond acceptors (Lipinski definition) is 4. The van der Waals surface area contributed by atoms with Crippen molar-refractivity contribution in [2.75, 3.05) is 31.6 Å². The number of carbonyl (C=O) groups excluding carboxylic acids is 1. The lowest BCUT2D eigenvalue weighted by Crippen LogP contribution is -2.35. The van der Waals surface area contributed by atoms with Crippen LogP contribution in [-0.4, -0.2) is 37.6 Å². The molecule has 1 aliphatic rings. The molecule has 0 bridgehead atoms. The number of benzene rings is 1. The van der Waals surface area contributed by atoms with Crippen LogP contribution in [0.2, 0.25) is 0 Å². The van der Waals surface area contributed by atoms with Crippen LogP contribution < -0.4 is 15.0 Å². The first-order valence-electron chi connectivity index (χ1n) is 8.74. The van der Waals surface area contributed by atoms with E-state index in [1.807, 2.05) is 42.5 Å². The van der Waals surface area contributed by atoms with Crippen LogP contribution in [0.5, 0.6) is 5.75 Å². The molecule has 0 saturated carbocycles. The van der Waals surface area contributed by atoms with Gasteiger partial charge in [-0.3, -0.25) is 4.79 Å². The minimum atomic E-state index is -0.000301. The zero-order valence-corrected chi connectivity index (χ0v) is 14.8. The maximum absolute atomic E-state index is 12.6. The van der Waals surface area contributed by atoms with E-state index in [9.17, 15) is 4.79 Å². The van der Waals surface area contributed by atoms with E-state index in [1.165, 1.54) is 0 Å². The van der Waals surface area contributed by atoms with Crippen molar-refractivity contribution < 1.29 is 9.53 Å².